The number of rotatable bonds is 7. The van der Waals surface area contributed by atoms with E-state index in [-0.39, 0.29) is 34.1 Å². The molecule has 0 fully saturated rings. The van der Waals surface area contributed by atoms with Gasteiger partial charge >= 0.3 is 6.18 Å². The van der Waals surface area contributed by atoms with Crippen LogP contribution in [0.15, 0.2) is 43.0 Å². The molecule has 4 rings (SSSR count). The molecule has 8 nitrogen and oxygen atoms in total. The third kappa shape index (κ3) is 6.31. The summed E-state index contributed by atoms with van der Waals surface area (Å²) in [5.74, 6) is -4.06. The molecule has 4 aromatic heterocycles. The highest BCUT2D eigenvalue weighted by Crippen LogP contribution is 2.35. The van der Waals surface area contributed by atoms with Crippen LogP contribution < -0.4 is 5.32 Å². The van der Waals surface area contributed by atoms with Crippen LogP contribution in [-0.4, -0.2) is 36.6 Å². The number of alkyl halides is 3. The largest absolute Gasteiger partial charge is 0.418 e. The van der Waals surface area contributed by atoms with Crippen LogP contribution in [0.4, 0.5) is 27.8 Å². The van der Waals surface area contributed by atoms with Crippen LogP contribution in [0, 0.1) is 11.9 Å². The first-order chi connectivity index (χ1) is 17.9. The van der Waals surface area contributed by atoms with E-state index >= 15 is 0 Å². The number of ketones is 1. The monoisotopic (exact) mass is 568 g/mol. The molecule has 0 bridgehead atoms. The zero-order chi connectivity index (χ0) is 27.6. The minimum Gasteiger partial charge on any atom is -0.306 e. The summed E-state index contributed by atoms with van der Waals surface area (Å²) in [5.41, 5.74) is -0.946. The fourth-order valence-corrected chi connectivity index (χ4v) is 4.35. The number of thiazole rings is 1. The van der Waals surface area contributed by atoms with Gasteiger partial charge in [-0.3, -0.25) is 9.59 Å². The van der Waals surface area contributed by atoms with Crippen molar-refractivity contribution in [2.75, 3.05) is 5.32 Å². The Morgan fingerprint density at radius 1 is 1.03 bits per heavy atom. The van der Waals surface area contributed by atoms with Gasteiger partial charge < -0.3 is 5.32 Å². The highest BCUT2D eigenvalue weighted by atomic mass is 35.5. The highest BCUT2D eigenvalue weighted by Gasteiger charge is 2.34. The van der Waals surface area contributed by atoms with E-state index in [1.165, 1.54) is 12.3 Å². The molecule has 0 aliphatic rings. The minimum absolute atomic E-state index is 0.00304. The van der Waals surface area contributed by atoms with Crippen LogP contribution >= 0.6 is 22.9 Å². The summed E-state index contributed by atoms with van der Waals surface area (Å²) in [4.78, 5) is 44.1. The van der Waals surface area contributed by atoms with Crippen LogP contribution in [-0.2, 0) is 6.18 Å². The van der Waals surface area contributed by atoms with Gasteiger partial charge in [0.2, 0.25) is 11.9 Å². The number of carbonyl (C=O) groups excluding carboxylic acids is 2. The van der Waals surface area contributed by atoms with Gasteiger partial charge in [0.05, 0.1) is 27.5 Å². The van der Waals surface area contributed by atoms with Crippen molar-refractivity contribution >= 4 is 40.4 Å². The summed E-state index contributed by atoms with van der Waals surface area (Å²) in [6, 6.07) is 3.84. The van der Waals surface area contributed by atoms with Crippen LogP contribution in [0.1, 0.15) is 50.0 Å². The van der Waals surface area contributed by atoms with Crippen LogP contribution in [0.2, 0.25) is 5.02 Å². The number of halogens is 6. The second-order valence-electron chi connectivity index (χ2n) is 7.88. The van der Waals surface area contributed by atoms with Gasteiger partial charge in [-0.1, -0.05) is 18.5 Å². The average Bonchev–Trinajstić information content (AvgIpc) is 3.35. The van der Waals surface area contributed by atoms with Crippen molar-refractivity contribution in [3.8, 4) is 11.3 Å². The molecule has 1 unspecified atom stereocenters. The molecule has 0 saturated heterocycles. The Morgan fingerprint density at radius 2 is 1.74 bits per heavy atom. The predicted octanol–water partition coefficient (Wildman–Crippen LogP) is 5.97. The number of amides is 1. The van der Waals surface area contributed by atoms with Gasteiger partial charge in [0.1, 0.15) is 22.7 Å². The lowest BCUT2D eigenvalue weighted by molar-refractivity contribution is -0.137. The van der Waals surface area contributed by atoms with Gasteiger partial charge in [-0.25, -0.2) is 19.9 Å². The fraction of sp³-hybridized carbons (Fsp3) is 0.174. The Labute approximate surface area is 220 Å². The third-order valence-electron chi connectivity index (χ3n) is 5.07. The van der Waals surface area contributed by atoms with Crippen molar-refractivity contribution in [2.24, 2.45) is 0 Å². The van der Waals surface area contributed by atoms with Crippen molar-refractivity contribution in [3.63, 3.8) is 0 Å². The summed E-state index contributed by atoms with van der Waals surface area (Å²) in [7, 11) is 0. The first kappa shape index (κ1) is 27.1. The molecule has 15 heteroatoms. The van der Waals surface area contributed by atoms with E-state index < -0.39 is 46.3 Å². The lowest BCUT2D eigenvalue weighted by Crippen LogP contribution is -2.13. The van der Waals surface area contributed by atoms with Gasteiger partial charge in [0, 0.05) is 36.2 Å². The zero-order valence-electron chi connectivity index (χ0n) is 19.1. The number of carbonyl (C=O) groups is 2. The topological polar surface area (TPSA) is 111 Å². The van der Waals surface area contributed by atoms with Crippen molar-refractivity contribution in [1.82, 2.24) is 24.9 Å². The van der Waals surface area contributed by atoms with Gasteiger partial charge in [-0.05, 0) is 12.1 Å². The van der Waals surface area contributed by atoms with Crippen molar-refractivity contribution in [1.29, 1.82) is 0 Å². The second-order valence-corrected chi connectivity index (χ2v) is 9.35. The van der Waals surface area contributed by atoms with E-state index in [2.05, 4.69) is 30.2 Å². The molecule has 1 atom stereocenters. The molecular weight excluding hydrogens is 555 g/mol. The summed E-state index contributed by atoms with van der Waals surface area (Å²) >= 11 is 6.49. The fourth-order valence-electron chi connectivity index (χ4n) is 3.27. The van der Waals surface area contributed by atoms with E-state index in [0.717, 1.165) is 36.0 Å². The van der Waals surface area contributed by atoms with Gasteiger partial charge in [0.25, 0.3) is 5.91 Å². The first-order valence-corrected chi connectivity index (χ1v) is 11.8. The van der Waals surface area contributed by atoms with Gasteiger partial charge in [0.15, 0.2) is 5.78 Å². The van der Waals surface area contributed by atoms with E-state index in [1.807, 2.05) is 0 Å². The Morgan fingerprint density at radius 3 is 2.42 bits per heavy atom. The van der Waals surface area contributed by atoms with Gasteiger partial charge in [-0.2, -0.15) is 26.9 Å². The predicted molar refractivity (Wildman–Crippen MR) is 127 cm³/mol. The average molecular weight is 569 g/mol. The summed E-state index contributed by atoms with van der Waals surface area (Å²) in [6.07, 6.45) is -1.70. The lowest BCUT2D eigenvalue weighted by Gasteiger charge is -2.10. The van der Waals surface area contributed by atoms with Crippen molar-refractivity contribution in [3.05, 3.63) is 81.0 Å². The number of aromatic nitrogens is 5. The van der Waals surface area contributed by atoms with E-state index in [9.17, 15) is 31.5 Å². The van der Waals surface area contributed by atoms with Crippen LogP contribution in [0.5, 0.6) is 0 Å². The number of nitrogens with one attached hydrogen (secondary N) is 1. The van der Waals surface area contributed by atoms with Gasteiger partial charge in [-0.15, -0.1) is 11.3 Å². The molecule has 4 heterocycles. The van der Waals surface area contributed by atoms with Crippen molar-refractivity contribution in [2.45, 2.75) is 25.4 Å². The van der Waals surface area contributed by atoms with Crippen molar-refractivity contribution < 1.29 is 31.5 Å². The summed E-state index contributed by atoms with van der Waals surface area (Å²) in [5, 5.41) is 2.07. The smallest absolute Gasteiger partial charge is 0.306 e. The molecular formula is C23H14ClF5N6O2S. The minimum atomic E-state index is -4.73. The van der Waals surface area contributed by atoms with Crippen LogP contribution in [0.3, 0.4) is 0 Å². The Bertz CT molecular complexity index is 1510. The Hall–Kier alpha value is -3.91. The van der Waals surface area contributed by atoms with E-state index in [0.29, 0.717) is 11.1 Å². The molecule has 0 aliphatic heterocycles. The van der Waals surface area contributed by atoms with E-state index in [4.69, 9.17) is 11.6 Å². The second kappa shape index (κ2) is 10.8. The number of nitrogens with zero attached hydrogens (tertiary/aromatic N) is 5. The Kier molecular flexibility index (Phi) is 7.73. The number of anilines is 1. The molecule has 0 saturated carbocycles. The first-order valence-electron chi connectivity index (χ1n) is 10.6. The molecule has 1 amide bonds. The third-order valence-corrected chi connectivity index (χ3v) is 6.60. The molecule has 4 aromatic rings. The quantitative estimate of drug-likeness (QED) is 0.166. The molecule has 0 aromatic carbocycles. The molecule has 1 N–H and O–H groups in total. The number of Topliss-reactive ketones (excluding diaryl/α,β-unsaturated/α-hetero) is 1. The van der Waals surface area contributed by atoms with Crippen LogP contribution in [0.25, 0.3) is 11.3 Å². The summed E-state index contributed by atoms with van der Waals surface area (Å²) in [6.45, 7) is 1.69. The lowest BCUT2D eigenvalue weighted by atomic mass is 10.0. The standard InChI is InChI=1S/C23H14ClF5N6O2S/c1-10(2-16(36)15-6-14(32-9-33-15)11-3-18(25)34-19(26)4-11)22-31-8-17(38-22)21(37)35-20-5-12(23(27,28)29)13(24)7-30-20/h3-10H,2H2,1H3,(H,30,35,37). The molecule has 38 heavy (non-hydrogen) atoms. The highest BCUT2D eigenvalue weighted by molar-refractivity contribution is 7.13. The van der Waals surface area contributed by atoms with E-state index in [1.54, 1.807) is 6.92 Å². The molecule has 196 valence electrons. The maximum atomic E-state index is 13.4. The molecule has 0 radical (unpaired) electrons. The molecule has 0 aliphatic carbocycles. The number of hydrogen-bond acceptors (Lipinski definition) is 8. The normalized spacial score (nSPS) is 12.3. The Balaban J connectivity index is 1.44. The number of hydrogen-bond donors (Lipinski definition) is 1. The maximum Gasteiger partial charge on any atom is 0.418 e. The summed E-state index contributed by atoms with van der Waals surface area (Å²) < 4.78 is 66.0. The number of pyridine rings is 2. The SMILES string of the molecule is CC(CC(=O)c1cc(-c2cc(F)nc(F)c2)ncn1)c1ncc(C(=O)Nc2cc(C(F)(F)F)c(Cl)cn2)s1. The zero-order valence-corrected chi connectivity index (χ0v) is 20.6. The molecule has 0 spiro atoms. The maximum absolute atomic E-state index is 13.4.